The second-order valence-corrected chi connectivity index (χ2v) is 7.29. The Balaban J connectivity index is 2.13. The van der Waals surface area contributed by atoms with Crippen LogP contribution in [-0.2, 0) is 10.0 Å². The molecule has 0 spiro atoms. The SMILES string of the molecule is CCN(C1CCNCC1)S(=O)(=O)/C=C/c1ccc(Cl)cc1. The largest absolute Gasteiger partial charge is 0.317 e. The summed E-state index contributed by atoms with van der Waals surface area (Å²) in [5.74, 6) is 0. The zero-order chi connectivity index (χ0) is 15.3. The number of rotatable bonds is 5. The average Bonchev–Trinajstić information content (AvgIpc) is 2.48. The van der Waals surface area contributed by atoms with Crippen molar-refractivity contribution in [1.29, 1.82) is 0 Å². The van der Waals surface area contributed by atoms with E-state index in [1.807, 2.05) is 6.92 Å². The molecule has 0 saturated carbocycles. The molecule has 0 bridgehead atoms. The van der Waals surface area contributed by atoms with E-state index in [1.165, 1.54) is 5.41 Å². The lowest BCUT2D eigenvalue weighted by molar-refractivity contribution is 0.273. The van der Waals surface area contributed by atoms with E-state index in [9.17, 15) is 8.42 Å². The highest BCUT2D eigenvalue weighted by molar-refractivity contribution is 7.92. The van der Waals surface area contributed by atoms with E-state index in [1.54, 1.807) is 34.6 Å². The van der Waals surface area contributed by atoms with Crippen molar-refractivity contribution in [3.8, 4) is 0 Å². The minimum Gasteiger partial charge on any atom is -0.317 e. The van der Waals surface area contributed by atoms with Gasteiger partial charge in [-0.2, -0.15) is 4.31 Å². The number of benzene rings is 1. The Morgan fingerprint density at radius 2 is 1.90 bits per heavy atom. The lowest BCUT2D eigenvalue weighted by atomic mass is 10.1. The van der Waals surface area contributed by atoms with Crippen molar-refractivity contribution in [1.82, 2.24) is 9.62 Å². The molecule has 1 saturated heterocycles. The molecule has 1 fully saturated rings. The summed E-state index contributed by atoms with van der Waals surface area (Å²) in [6, 6.07) is 7.19. The van der Waals surface area contributed by atoms with Crippen LogP contribution in [0.2, 0.25) is 5.02 Å². The number of hydrogen-bond donors (Lipinski definition) is 1. The third-order valence-electron chi connectivity index (χ3n) is 3.66. The molecule has 0 aromatic heterocycles. The molecule has 0 aliphatic carbocycles. The van der Waals surface area contributed by atoms with Crippen molar-refractivity contribution >= 4 is 27.7 Å². The van der Waals surface area contributed by atoms with Crippen molar-refractivity contribution in [3.05, 3.63) is 40.3 Å². The van der Waals surface area contributed by atoms with Crippen LogP contribution in [0.4, 0.5) is 0 Å². The summed E-state index contributed by atoms with van der Waals surface area (Å²) in [4.78, 5) is 0. The zero-order valence-electron chi connectivity index (χ0n) is 12.1. The fourth-order valence-corrected chi connectivity index (χ4v) is 4.15. The summed E-state index contributed by atoms with van der Waals surface area (Å²) in [6.07, 6.45) is 3.35. The van der Waals surface area contributed by atoms with E-state index >= 15 is 0 Å². The van der Waals surface area contributed by atoms with E-state index < -0.39 is 10.0 Å². The van der Waals surface area contributed by atoms with Gasteiger partial charge in [0, 0.05) is 23.0 Å². The summed E-state index contributed by atoms with van der Waals surface area (Å²) in [5.41, 5.74) is 0.823. The first-order valence-electron chi connectivity index (χ1n) is 7.19. The van der Waals surface area contributed by atoms with Crippen LogP contribution in [0.5, 0.6) is 0 Å². The molecule has 0 atom stereocenters. The van der Waals surface area contributed by atoms with Gasteiger partial charge in [0.1, 0.15) is 0 Å². The molecule has 2 rings (SSSR count). The van der Waals surface area contributed by atoms with Gasteiger partial charge in [0.2, 0.25) is 10.0 Å². The minimum atomic E-state index is -3.39. The van der Waals surface area contributed by atoms with Crippen molar-refractivity contribution in [2.45, 2.75) is 25.8 Å². The van der Waals surface area contributed by atoms with Gasteiger partial charge in [-0.1, -0.05) is 30.7 Å². The van der Waals surface area contributed by atoms with Crippen LogP contribution in [-0.4, -0.2) is 38.4 Å². The maximum absolute atomic E-state index is 12.5. The highest BCUT2D eigenvalue weighted by Crippen LogP contribution is 2.18. The van der Waals surface area contributed by atoms with Crippen LogP contribution in [0.3, 0.4) is 0 Å². The standard InChI is InChI=1S/C15H21ClN2O2S/c1-2-18(15-7-10-17-11-8-15)21(19,20)12-9-13-3-5-14(16)6-4-13/h3-6,9,12,15,17H,2,7-8,10-11H2,1H3/b12-9+. The Morgan fingerprint density at radius 3 is 2.48 bits per heavy atom. The van der Waals surface area contributed by atoms with Crippen molar-refractivity contribution < 1.29 is 8.42 Å². The Kier molecular flexibility index (Phi) is 5.81. The number of halogens is 1. The first-order valence-corrected chi connectivity index (χ1v) is 9.07. The monoisotopic (exact) mass is 328 g/mol. The molecule has 0 radical (unpaired) electrons. The van der Waals surface area contributed by atoms with Crippen LogP contribution in [0, 0.1) is 0 Å². The Labute approximate surface area is 131 Å². The van der Waals surface area contributed by atoms with Crippen molar-refractivity contribution in [2.24, 2.45) is 0 Å². The van der Waals surface area contributed by atoms with E-state index in [4.69, 9.17) is 11.6 Å². The van der Waals surface area contributed by atoms with Gasteiger partial charge in [0.25, 0.3) is 0 Å². The summed E-state index contributed by atoms with van der Waals surface area (Å²) in [5, 5.41) is 5.19. The van der Waals surface area contributed by atoms with E-state index in [-0.39, 0.29) is 6.04 Å². The number of sulfonamides is 1. The molecule has 1 aromatic rings. The third-order valence-corrected chi connectivity index (χ3v) is 5.60. The molecule has 1 aromatic carbocycles. The fraction of sp³-hybridized carbons (Fsp3) is 0.467. The first kappa shape index (κ1) is 16.5. The van der Waals surface area contributed by atoms with Crippen molar-refractivity contribution in [3.63, 3.8) is 0 Å². The highest BCUT2D eigenvalue weighted by atomic mass is 35.5. The lowest BCUT2D eigenvalue weighted by Gasteiger charge is -2.32. The second kappa shape index (κ2) is 7.40. The zero-order valence-corrected chi connectivity index (χ0v) is 13.7. The van der Waals surface area contributed by atoms with Gasteiger partial charge in [0.15, 0.2) is 0 Å². The van der Waals surface area contributed by atoms with E-state index in [0.29, 0.717) is 11.6 Å². The van der Waals surface area contributed by atoms with Gasteiger partial charge >= 0.3 is 0 Å². The molecule has 21 heavy (non-hydrogen) atoms. The molecular weight excluding hydrogens is 308 g/mol. The van der Waals surface area contributed by atoms with Crippen LogP contribution in [0.15, 0.2) is 29.7 Å². The molecule has 0 amide bonds. The number of piperidine rings is 1. The predicted molar refractivity (Wildman–Crippen MR) is 87.7 cm³/mol. The van der Waals surface area contributed by atoms with E-state index in [0.717, 1.165) is 31.5 Å². The Hall–Kier alpha value is -0.880. The quantitative estimate of drug-likeness (QED) is 0.904. The van der Waals surface area contributed by atoms with E-state index in [2.05, 4.69) is 5.32 Å². The van der Waals surface area contributed by atoms with Crippen LogP contribution in [0.25, 0.3) is 6.08 Å². The molecule has 1 N–H and O–H groups in total. The Morgan fingerprint density at radius 1 is 1.29 bits per heavy atom. The minimum absolute atomic E-state index is 0.0936. The van der Waals surface area contributed by atoms with Crippen LogP contribution < -0.4 is 5.32 Å². The molecule has 6 heteroatoms. The van der Waals surface area contributed by atoms with Gasteiger partial charge in [-0.15, -0.1) is 0 Å². The van der Waals surface area contributed by atoms with Gasteiger partial charge in [0.05, 0.1) is 0 Å². The predicted octanol–water partition coefficient (Wildman–Crippen LogP) is 2.71. The number of nitrogens with zero attached hydrogens (tertiary/aromatic N) is 1. The molecule has 1 aliphatic rings. The van der Waals surface area contributed by atoms with Gasteiger partial charge in [-0.3, -0.25) is 0 Å². The average molecular weight is 329 g/mol. The van der Waals surface area contributed by atoms with Gasteiger partial charge in [-0.25, -0.2) is 8.42 Å². The number of hydrogen-bond acceptors (Lipinski definition) is 3. The first-order chi connectivity index (χ1) is 10.0. The Bertz CT molecular complexity index is 578. The number of nitrogens with one attached hydrogen (secondary N) is 1. The highest BCUT2D eigenvalue weighted by Gasteiger charge is 2.27. The van der Waals surface area contributed by atoms with Gasteiger partial charge < -0.3 is 5.32 Å². The molecule has 4 nitrogen and oxygen atoms in total. The summed E-state index contributed by atoms with van der Waals surface area (Å²) in [6.45, 7) is 4.13. The summed E-state index contributed by atoms with van der Waals surface area (Å²) >= 11 is 5.82. The summed E-state index contributed by atoms with van der Waals surface area (Å²) in [7, 11) is -3.39. The maximum Gasteiger partial charge on any atom is 0.236 e. The third kappa shape index (κ3) is 4.54. The topological polar surface area (TPSA) is 49.4 Å². The molecule has 116 valence electrons. The normalized spacial score (nSPS) is 17.7. The second-order valence-electron chi connectivity index (χ2n) is 5.08. The van der Waals surface area contributed by atoms with Gasteiger partial charge in [-0.05, 0) is 49.7 Å². The molecular formula is C15H21ClN2O2S. The molecule has 0 unspecified atom stereocenters. The molecule has 1 heterocycles. The molecule has 1 aliphatic heterocycles. The fourth-order valence-electron chi connectivity index (χ4n) is 2.56. The van der Waals surface area contributed by atoms with Crippen LogP contribution >= 0.6 is 11.6 Å². The van der Waals surface area contributed by atoms with Crippen molar-refractivity contribution in [2.75, 3.05) is 19.6 Å². The summed E-state index contributed by atoms with van der Waals surface area (Å²) < 4.78 is 26.6. The maximum atomic E-state index is 12.5. The smallest absolute Gasteiger partial charge is 0.236 e. The lowest BCUT2D eigenvalue weighted by Crippen LogP contribution is -2.45. The van der Waals surface area contributed by atoms with Crippen LogP contribution in [0.1, 0.15) is 25.3 Å².